The first-order valence-corrected chi connectivity index (χ1v) is 11.0. The molecule has 2 heterocycles. The highest BCUT2D eigenvalue weighted by molar-refractivity contribution is 7.26. The van der Waals surface area contributed by atoms with E-state index in [2.05, 4.69) is 71.9 Å². The SMILES string of the molecule is C/C=C(\C)c1nccc2c1sc1c(C3CC(C)(C)CC(C)(C)C3)cccc12. The van der Waals surface area contributed by atoms with E-state index in [1.807, 2.05) is 17.5 Å². The molecule has 0 spiro atoms. The minimum absolute atomic E-state index is 0.402. The summed E-state index contributed by atoms with van der Waals surface area (Å²) in [4.78, 5) is 4.70. The van der Waals surface area contributed by atoms with Crippen molar-refractivity contribution in [3.05, 3.63) is 47.8 Å². The molecule has 4 rings (SSSR count). The number of nitrogens with zero attached hydrogens (tertiary/aromatic N) is 1. The summed E-state index contributed by atoms with van der Waals surface area (Å²) in [5.41, 5.74) is 4.76. The molecule has 0 bridgehead atoms. The second-order valence-corrected chi connectivity index (χ2v) is 11.0. The topological polar surface area (TPSA) is 12.9 Å². The van der Waals surface area contributed by atoms with Gasteiger partial charge in [-0.1, -0.05) is 52.0 Å². The second-order valence-electron chi connectivity index (χ2n) is 9.94. The van der Waals surface area contributed by atoms with Crippen LogP contribution in [0.1, 0.15) is 78.0 Å². The molecule has 1 aliphatic carbocycles. The van der Waals surface area contributed by atoms with Crippen molar-refractivity contribution in [3.8, 4) is 0 Å². The molecule has 1 aromatic carbocycles. The Labute approximate surface area is 167 Å². The van der Waals surface area contributed by atoms with Crippen molar-refractivity contribution in [3.63, 3.8) is 0 Å². The highest BCUT2D eigenvalue weighted by Crippen LogP contribution is 2.53. The van der Waals surface area contributed by atoms with E-state index in [4.69, 9.17) is 4.98 Å². The highest BCUT2D eigenvalue weighted by Gasteiger charge is 2.39. The zero-order valence-electron chi connectivity index (χ0n) is 17.5. The Hall–Kier alpha value is -1.67. The molecule has 142 valence electrons. The van der Waals surface area contributed by atoms with Crippen molar-refractivity contribution < 1.29 is 0 Å². The van der Waals surface area contributed by atoms with E-state index in [0.717, 1.165) is 5.69 Å². The van der Waals surface area contributed by atoms with Gasteiger partial charge in [-0.3, -0.25) is 4.98 Å². The van der Waals surface area contributed by atoms with Crippen molar-refractivity contribution in [2.45, 2.75) is 66.7 Å². The van der Waals surface area contributed by atoms with Gasteiger partial charge in [0.05, 0.1) is 10.4 Å². The molecular formula is C25H31NS. The van der Waals surface area contributed by atoms with Gasteiger partial charge in [-0.05, 0) is 67.1 Å². The monoisotopic (exact) mass is 377 g/mol. The molecule has 0 radical (unpaired) electrons. The molecule has 0 aliphatic heterocycles. The maximum atomic E-state index is 4.70. The first kappa shape index (κ1) is 18.7. The Morgan fingerprint density at radius 1 is 1.04 bits per heavy atom. The van der Waals surface area contributed by atoms with Crippen LogP contribution in [0.15, 0.2) is 36.5 Å². The Morgan fingerprint density at radius 3 is 2.37 bits per heavy atom. The average molecular weight is 378 g/mol. The van der Waals surface area contributed by atoms with Crippen LogP contribution in [0.25, 0.3) is 25.7 Å². The van der Waals surface area contributed by atoms with Crippen LogP contribution in [0.4, 0.5) is 0 Å². The number of fused-ring (bicyclic) bond motifs is 3. The molecule has 1 aliphatic rings. The van der Waals surface area contributed by atoms with Gasteiger partial charge >= 0.3 is 0 Å². The van der Waals surface area contributed by atoms with Gasteiger partial charge < -0.3 is 0 Å². The van der Waals surface area contributed by atoms with Crippen LogP contribution in [-0.4, -0.2) is 4.98 Å². The minimum Gasteiger partial charge on any atom is -0.255 e. The summed E-state index contributed by atoms with van der Waals surface area (Å²) in [5, 5.41) is 2.76. The predicted molar refractivity (Wildman–Crippen MR) is 121 cm³/mol. The smallest absolute Gasteiger partial charge is 0.0834 e. The summed E-state index contributed by atoms with van der Waals surface area (Å²) in [6.07, 6.45) is 8.01. The number of pyridine rings is 1. The van der Waals surface area contributed by atoms with E-state index in [1.54, 1.807) is 5.56 Å². The minimum atomic E-state index is 0.402. The molecule has 1 nitrogen and oxygen atoms in total. The molecule has 0 saturated heterocycles. The highest BCUT2D eigenvalue weighted by atomic mass is 32.1. The Balaban J connectivity index is 1.93. The number of rotatable bonds is 2. The maximum Gasteiger partial charge on any atom is 0.0834 e. The summed E-state index contributed by atoms with van der Waals surface area (Å²) in [5.74, 6) is 0.639. The van der Waals surface area contributed by atoms with E-state index in [0.29, 0.717) is 16.7 Å². The first-order chi connectivity index (χ1) is 12.7. The normalized spacial score (nSPS) is 20.4. The Bertz CT molecular complexity index is 1020. The lowest BCUT2D eigenvalue weighted by molar-refractivity contribution is 0.0974. The molecule has 3 aromatic rings. The van der Waals surface area contributed by atoms with Gasteiger partial charge in [0.2, 0.25) is 0 Å². The summed E-state index contributed by atoms with van der Waals surface area (Å²) >= 11 is 1.95. The van der Waals surface area contributed by atoms with Gasteiger partial charge in [0, 0.05) is 21.7 Å². The summed E-state index contributed by atoms with van der Waals surface area (Å²) in [7, 11) is 0. The van der Waals surface area contributed by atoms with Crippen LogP contribution in [0.5, 0.6) is 0 Å². The van der Waals surface area contributed by atoms with Crippen molar-refractivity contribution >= 4 is 37.1 Å². The number of allylic oxidation sites excluding steroid dienone is 2. The Morgan fingerprint density at radius 2 is 1.70 bits per heavy atom. The van der Waals surface area contributed by atoms with Crippen LogP contribution in [-0.2, 0) is 0 Å². The van der Waals surface area contributed by atoms with Gasteiger partial charge in [0.15, 0.2) is 0 Å². The lowest BCUT2D eigenvalue weighted by Gasteiger charge is -2.45. The van der Waals surface area contributed by atoms with E-state index in [-0.39, 0.29) is 0 Å². The van der Waals surface area contributed by atoms with Gasteiger partial charge in [-0.2, -0.15) is 0 Å². The third-order valence-corrected chi connectivity index (χ3v) is 7.52. The van der Waals surface area contributed by atoms with Gasteiger partial charge in [0.1, 0.15) is 0 Å². The fourth-order valence-corrected chi connectivity index (χ4v) is 6.99. The van der Waals surface area contributed by atoms with Crippen LogP contribution >= 0.6 is 11.3 Å². The van der Waals surface area contributed by atoms with Crippen molar-refractivity contribution in [2.75, 3.05) is 0 Å². The van der Waals surface area contributed by atoms with E-state index < -0.39 is 0 Å². The summed E-state index contributed by atoms with van der Waals surface area (Å²) < 4.78 is 2.81. The van der Waals surface area contributed by atoms with E-state index in [1.165, 1.54) is 45.0 Å². The average Bonchev–Trinajstić information content (AvgIpc) is 2.97. The number of aromatic nitrogens is 1. The number of thiophene rings is 1. The molecule has 27 heavy (non-hydrogen) atoms. The predicted octanol–water partition coefficient (Wildman–Crippen LogP) is 8.19. The molecule has 2 aromatic heterocycles. The molecule has 0 amide bonds. The van der Waals surface area contributed by atoms with Crippen LogP contribution in [0.3, 0.4) is 0 Å². The fraction of sp³-hybridized carbons (Fsp3) is 0.480. The molecular weight excluding hydrogens is 346 g/mol. The first-order valence-electron chi connectivity index (χ1n) is 10.1. The van der Waals surface area contributed by atoms with Crippen LogP contribution < -0.4 is 0 Å². The quantitative estimate of drug-likeness (QED) is 0.438. The molecule has 1 fully saturated rings. The lowest BCUT2D eigenvalue weighted by Crippen LogP contribution is -2.32. The third-order valence-electron chi connectivity index (χ3n) is 6.25. The molecule has 1 saturated carbocycles. The molecule has 0 atom stereocenters. The summed E-state index contributed by atoms with van der Waals surface area (Å²) in [6, 6.07) is 9.14. The van der Waals surface area contributed by atoms with Gasteiger partial charge in [-0.15, -0.1) is 11.3 Å². The van der Waals surface area contributed by atoms with Crippen molar-refractivity contribution in [1.82, 2.24) is 4.98 Å². The van der Waals surface area contributed by atoms with Gasteiger partial charge in [-0.25, -0.2) is 0 Å². The lowest BCUT2D eigenvalue weighted by atomic mass is 9.60. The number of benzene rings is 1. The van der Waals surface area contributed by atoms with E-state index >= 15 is 0 Å². The number of hydrogen-bond donors (Lipinski definition) is 0. The second kappa shape index (κ2) is 6.44. The molecule has 0 unspecified atom stereocenters. The third kappa shape index (κ3) is 3.33. The fourth-order valence-electron chi connectivity index (χ4n) is 5.55. The summed E-state index contributed by atoms with van der Waals surface area (Å²) in [6.45, 7) is 14.1. The molecule has 0 N–H and O–H groups in total. The Kier molecular flexibility index (Phi) is 4.46. The largest absolute Gasteiger partial charge is 0.255 e. The number of hydrogen-bond acceptors (Lipinski definition) is 2. The maximum absolute atomic E-state index is 4.70. The zero-order valence-corrected chi connectivity index (χ0v) is 18.3. The zero-order chi connectivity index (χ0) is 19.4. The van der Waals surface area contributed by atoms with Crippen molar-refractivity contribution in [1.29, 1.82) is 0 Å². The van der Waals surface area contributed by atoms with Crippen LogP contribution in [0, 0.1) is 10.8 Å². The van der Waals surface area contributed by atoms with Gasteiger partial charge in [0.25, 0.3) is 0 Å². The molecule has 2 heteroatoms. The standard InChI is InChI=1S/C25H31NS/c1-7-16(2)21-23-20(11-12-26-21)19-10-8-9-18(22(19)27-23)17-13-24(3,4)15-25(5,6)14-17/h7-12,17H,13-15H2,1-6H3/b16-7+. The van der Waals surface area contributed by atoms with Crippen molar-refractivity contribution in [2.24, 2.45) is 10.8 Å². The van der Waals surface area contributed by atoms with E-state index in [9.17, 15) is 0 Å². The van der Waals surface area contributed by atoms with Crippen LogP contribution in [0.2, 0.25) is 0 Å².